The first-order chi connectivity index (χ1) is 11.1. The highest BCUT2D eigenvalue weighted by Crippen LogP contribution is 2.24. The first kappa shape index (κ1) is 19.4. The molecule has 0 radical (unpaired) electrons. The summed E-state index contributed by atoms with van der Waals surface area (Å²) in [7, 11) is 0. The third-order valence-corrected chi connectivity index (χ3v) is 5.40. The Morgan fingerprint density at radius 2 is 2.00 bits per heavy atom. The Bertz CT molecular complexity index is 603. The summed E-state index contributed by atoms with van der Waals surface area (Å²) in [5.41, 5.74) is 1.12. The molecule has 2 aliphatic rings. The average Bonchev–Trinajstić information content (AvgIpc) is 3.10. The average molecular weight is 390 g/mol. The van der Waals surface area contributed by atoms with Gasteiger partial charge >= 0.3 is 0 Å². The summed E-state index contributed by atoms with van der Waals surface area (Å²) in [5, 5.41) is 6.35. The largest absolute Gasteiger partial charge is 0.339 e. The molecule has 8 heteroatoms. The number of hydrogen-bond acceptors (Lipinski definition) is 4. The topological polar surface area (TPSA) is 61.4 Å². The zero-order valence-electron chi connectivity index (χ0n) is 13.2. The number of benzene rings is 1. The summed E-state index contributed by atoms with van der Waals surface area (Å²) >= 11 is 7.97. The van der Waals surface area contributed by atoms with Crippen LogP contribution in [0.3, 0.4) is 0 Å². The summed E-state index contributed by atoms with van der Waals surface area (Å²) in [4.78, 5) is 26.4. The zero-order valence-corrected chi connectivity index (χ0v) is 15.6. The van der Waals surface area contributed by atoms with E-state index >= 15 is 0 Å². The van der Waals surface area contributed by atoms with Crippen molar-refractivity contribution in [3.05, 3.63) is 28.8 Å². The predicted molar refractivity (Wildman–Crippen MR) is 101 cm³/mol. The number of nitrogens with one attached hydrogen (secondary N) is 2. The molecule has 5 nitrogen and oxygen atoms in total. The first-order valence-corrected chi connectivity index (χ1v) is 9.39. The van der Waals surface area contributed by atoms with Gasteiger partial charge in [0, 0.05) is 30.4 Å². The van der Waals surface area contributed by atoms with E-state index in [0.29, 0.717) is 16.3 Å². The van der Waals surface area contributed by atoms with Crippen LogP contribution in [0, 0.1) is 0 Å². The summed E-state index contributed by atoms with van der Waals surface area (Å²) < 4.78 is 0. The highest BCUT2D eigenvalue weighted by atomic mass is 35.5. The van der Waals surface area contributed by atoms with Gasteiger partial charge in [-0.25, -0.2) is 0 Å². The van der Waals surface area contributed by atoms with Crippen LogP contribution < -0.4 is 10.6 Å². The number of anilines is 1. The molecule has 1 aromatic rings. The Labute approximate surface area is 157 Å². The van der Waals surface area contributed by atoms with Crippen molar-refractivity contribution in [3.8, 4) is 0 Å². The molecule has 2 amide bonds. The van der Waals surface area contributed by atoms with E-state index in [-0.39, 0.29) is 30.3 Å². The molecule has 0 spiro atoms. The molecule has 0 saturated carbocycles. The first-order valence-electron chi connectivity index (χ1n) is 7.86. The van der Waals surface area contributed by atoms with Crippen LogP contribution in [0.5, 0.6) is 0 Å². The molecule has 1 unspecified atom stereocenters. The summed E-state index contributed by atoms with van der Waals surface area (Å²) in [6.07, 6.45) is 3.27. The number of likely N-dealkylation sites (tertiary alicyclic amines) is 1. The maximum atomic E-state index is 12.5. The van der Waals surface area contributed by atoms with Crippen LogP contribution >= 0.6 is 35.8 Å². The number of halogens is 2. The van der Waals surface area contributed by atoms with Crippen molar-refractivity contribution in [2.24, 2.45) is 0 Å². The number of carbonyl (C=O) groups is 2. The Morgan fingerprint density at radius 1 is 1.25 bits per heavy atom. The van der Waals surface area contributed by atoms with Crippen LogP contribution in [0.15, 0.2) is 18.2 Å². The van der Waals surface area contributed by atoms with Crippen molar-refractivity contribution in [1.82, 2.24) is 10.2 Å². The van der Waals surface area contributed by atoms with E-state index in [1.54, 1.807) is 30.0 Å². The van der Waals surface area contributed by atoms with E-state index in [4.69, 9.17) is 11.6 Å². The number of carbonyl (C=O) groups excluding carboxylic acids is 2. The minimum atomic E-state index is -0.173. The number of rotatable bonds is 3. The maximum absolute atomic E-state index is 12.5. The Hall–Kier alpha value is -0.950. The molecule has 2 fully saturated rings. The number of piperidine rings is 1. The lowest BCUT2D eigenvalue weighted by molar-refractivity contribution is -0.117. The SMILES string of the molecule is Cl.O=C(Nc1ccc(C(=O)N2CCCCC2)c(Cl)c1)C1CSCN1. The van der Waals surface area contributed by atoms with Gasteiger partial charge in [-0.05, 0) is 37.5 Å². The zero-order chi connectivity index (χ0) is 16.2. The van der Waals surface area contributed by atoms with E-state index in [9.17, 15) is 9.59 Å². The molecule has 132 valence electrons. The van der Waals surface area contributed by atoms with Crippen LogP contribution in [0.2, 0.25) is 5.02 Å². The molecule has 2 heterocycles. The fraction of sp³-hybridized carbons (Fsp3) is 0.500. The normalized spacial score (nSPS) is 20.4. The molecular weight excluding hydrogens is 369 g/mol. The Kier molecular flexibility index (Phi) is 7.22. The van der Waals surface area contributed by atoms with Crippen molar-refractivity contribution in [1.29, 1.82) is 0 Å². The van der Waals surface area contributed by atoms with Gasteiger partial charge in [0.2, 0.25) is 5.91 Å². The molecule has 2 aliphatic heterocycles. The van der Waals surface area contributed by atoms with Crippen LogP contribution in [-0.4, -0.2) is 47.5 Å². The summed E-state index contributed by atoms with van der Waals surface area (Å²) in [5.74, 6) is 1.47. The lowest BCUT2D eigenvalue weighted by atomic mass is 10.1. The number of amides is 2. The maximum Gasteiger partial charge on any atom is 0.255 e. The van der Waals surface area contributed by atoms with Gasteiger partial charge < -0.3 is 10.2 Å². The van der Waals surface area contributed by atoms with Gasteiger partial charge in [0.1, 0.15) is 0 Å². The molecule has 3 rings (SSSR count). The van der Waals surface area contributed by atoms with E-state index < -0.39 is 0 Å². The summed E-state index contributed by atoms with van der Waals surface area (Å²) in [6, 6.07) is 4.92. The van der Waals surface area contributed by atoms with Crippen molar-refractivity contribution in [2.75, 3.05) is 30.0 Å². The van der Waals surface area contributed by atoms with Crippen LogP contribution in [0.1, 0.15) is 29.6 Å². The summed E-state index contributed by atoms with van der Waals surface area (Å²) in [6.45, 7) is 1.58. The monoisotopic (exact) mass is 389 g/mol. The van der Waals surface area contributed by atoms with E-state index in [0.717, 1.165) is 37.6 Å². The third kappa shape index (κ3) is 4.57. The van der Waals surface area contributed by atoms with E-state index in [1.165, 1.54) is 6.42 Å². The van der Waals surface area contributed by atoms with E-state index in [2.05, 4.69) is 10.6 Å². The second kappa shape index (κ2) is 8.94. The molecule has 0 aliphatic carbocycles. The Morgan fingerprint density at radius 3 is 2.62 bits per heavy atom. The molecule has 1 aromatic carbocycles. The fourth-order valence-corrected chi connectivity index (χ4v) is 4.03. The van der Waals surface area contributed by atoms with Gasteiger partial charge in [0.25, 0.3) is 5.91 Å². The molecule has 24 heavy (non-hydrogen) atoms. The standard InChI is InChI=1S/C16H20ClN3O2S.ClH/c17-13-8-11(19-15(21)14-9-23-10-18-14)4-5-12(13)16(22)20-6-2-1-3-7-20;/h4-5,8,14,18H,1-3,6-7,9-10H2,(H,19,21);1H. The van der Waals surface area contributed by atoms with Gasteiger partial charge in [0.05, 0.1) is 16.6 Å². The quantitative estimate of drug-likeness (QED) is 0.833. The minimum Gasteiger partial charge on any atom is -0.339 e. The lowest BCUT2D eigenvalue weighted by Crippen LogP contribution is -2.37. The van der Waals surface area contributed by atoms with E-state index in [1.807, 2.05) is 4.90 Å². The number of thioether (sulfide) groups is 1. The van der Waals surface area contributed by atoms with Crippen molar-refractivity contribution in [3.63, 3.8) is 0 Å². The second-order valence-corrected chi connectivity index (χ2v) is 7.25. The molecule has 2 N–H and O–H groups in total. The van der Waals surface area contributed by atoms with Crippen molar-refractivity contribution >= 4 is 53.3 Å². The minimum absolute atomic E-state index is 0. The number of hydrogen-bond donors (Lipinski definition) is 2. The van der Waals surface area contributed by atoms with Crippen molar-refractivity contribution < 1.29 is 9.59 Å². The molecule has 0 bridgehead atoms. The third-order valence-electron chi connectivity index (χ3n) is 4.14. The van der Waals surface area contributed by atoms with Crippen LogP contribution in [-0.2, 0) is 4.79 Å². The van der Waals surface area contributed by atoms with Crippen molar-refractivity contribution in [2.45, 2.75) is 25.3 Å². The van der Waals surface area contributed by atoms with Gasteiger partial charge in [-0.2, -0.15) is 0 Å². The molecule has 0 aromatic heterocycles. The number of nitrogens with zero attached hydrogens (tertiary/aromatic N) is 1. The lowest BCUT2D eigenvalue weighted by Gasteiger charge is -2.27. The molecular formula is C16H21Cl2N3O2S. The smallest absolute Gasteiger partial charge is 0.255 e. The van der Waals surface area contributed by atoms with Gasteiger partial charge in [-0.15, -0.1) is 24.2 Å². The van der Waals surface area contributed by atoms with Crippen LogP contribution in [0.4, 0.5) is 5.69 Å². The van der Waals surface area contributed by atoms with Gasteiger partial charge in [-0.1, -0.05) is 11.6 Å². The predicted octanol–water partition coefficient (Wildman–Crippen LogP) is 2.99. The van der Waals surface area contributed by atoms with Gasteiger partial charge in [0.15, 0.2) is 0 Å². The fourth-order valence-electron chi connectivity index (χ4n) is 2.83. The van der Waals surface area contributed by atoms with Gasteiger partial charge in [-0.3, -0.25) is 14.9 Å². The highest BCUT2D eigenvalue weighted by molar-refractivity contribution is 7.99. The molecule has 1 atom stereocenters. The Balaban J connectivity index is 0.00000208. The molecule has 2 saturated heterocycles. The second-order valence-electron chi connectivity index (χ2n) is 5.81. The van der Waals surface area contributed by atoms with Crippen LogP contribution in [0.25, 0.3) is 0 Å². The highest BCUT2D eigenvalue weighted by Gasteiger charge is 2.23.